The summed E-state index contributed by atoms with van der Waals surface area (Å²) >= 11 is 0. The van der Waals surface area contributed by atoms with Crippen molar-refractivity contribution >= 4 is 11.8 Å². The molecule has 0 aliphatic carbocycles. The van der Waals surface area contributed by atoms with Crippen LogP contribution in [-0.4, -0.2) is 47.5 Å². The zero-order chi connectivity index (χ0) is 19.8. The van der Waals surface area contributed by atoms with Gasteiger partial charge in [0, 0.05) is 37.1 Å². The van der Waals surface area contributed by atoms with Crippen molar-refractivity contribution in [2.45, 2.75) is 38.6 Å². The van der Waals surface area contributed by atoms with Gasteiger partial charge in [0.15, 0.2) is 0 Å². The van der Waals surface area contributed by atoms with Crippen LogP contribution in [0, 0.1) is 0 Å². The highest BCUT2D eigenvalue weighted by molar-refractivity contribution is 5.96. The van der Waals surface area contributed by atoms with Crippen molar-refractivity contribution in [3.63, 3.8) is 0 Å². The maximum Gasteiger partial charge on any atom is 0.251 e. The lowest BCUT2D eigenvalue weighted by Gasteiger charge is -2.32. The molecule has 6 heteroatoms. The minimum Gasteiger partial charge on any atom is -0.494 e. The predicted molar refractivity (Wildman–Crippen MR) is 108 cm³/mol. The Hall–Kier alpha value is -2.76. The first kappa shape index (κ1) is 20.0. The average molecular weight is 383 g/mol. The monoisotopic (exact) mass is 383 g/mol. The third-order valence-electron chi connectivity index (χ3n) is 5.15. The highest BCUT2D eigenvalue weighted by Gasteiger charge is 2.23. The van der Waals surface area contributed by atoms with Crippen LogP contribution in [0.4, 0.5) is 0 Å². The van der Waals surface area contributed by atoms with E-state index in [1.54, 1.807) is 24.3 Å². The smallest absolute Gasteiger partial charge is 0.251 e. The van der Waals surface area contributed by atoms with Gasteiger partial charge in [0.1, 0.15) is 5.75 Å². The number of amides is 2. The fourth-order valence-electron chi connectivity index (χ4n) is 3.41. The molecule has 0 atom stereocenters. The number of nitrogens with zero attached hydrogens (tertiary/aromatic N) is 2. The normalized spacial score (nSPS) is 14.7. The molecule has 0 radical (unpaired) electrons. The van der Waals surface area contributed by atoms with Crippen molar-refractivity contribution in [3.05, 3.63) is 54.4 Å². The molecule has 1 aliphatic rings. The highest BCUT2D eigenvalue weighted by atomic mass is 16.5. The molecule has 6 nitrogen and oxygen atoms in total. The van der Waals surface area contributed by atoms with Gasteiger partial charge in [-0.3, -0.25) is 9.59 Å². The van der Waals surface area contributed by atoms with Crippen molar-refractivity contribution < 1.29 is 14.3 Å². The standard InChI is InChI=1S/C22H29N3O3/c1-2-3-16-28-20-8-6-18(7-9-20)22(27)23-17-21(26)25-14-10-19(11-15-25)24-12-4-5-13-24/h4-9,12-13,19H,2-3,10-11,14-17H2,1H3,(H,23,27). The van der Waals surface area contributed by atoms with E-state index in [0.29, 0.717) is 18.2 Å². The molecular weight excluding hydrogens is 354 g/mol. The molecule has 0 saturated carbocycles. The Balaban J connectivity index is 1.41. The van der Waals surface area contributed by atoms with Crippen molar-refractivity contribution in [1.82, 2.24) is 14.8 Å². The molecule has 2 aromatic rings. The summed E-state index contributed by atoms with van der Waals surface area (Å²) in [5.41, 5.74) is 0.530. The first-order valence-electron chi connectivity index (χ1n) is 10.1. The molecule has 1 aromatic heterocycles. The van der Waals surface area contributed by atoms with E-state index in [-0.39, 0.29) is 18.4 Å². The predicted octanol–water partition coefficient (Wildman–Crippen LogP) is 3.26. The molecule has 28 heavy (non-hydrogen) atoms. The molecule has 1 aromatic carbocycles. The van der Waals surface area contributed by atoms with Gasteiger partial charge in [0.2, 0.25) is 5.91 Å². The number of likely N-dealkylation sites (tertiary alicyclic amines) is 1. The molecule has 1 saturated heterocycles. The van der Waals surface area contributed by atoms with Gasteiger partial charge in [-0.15, -0.1) is 0 Å². The van der Waals surface area contributed by atoms with Gasteiger partial charge in [-0.1, -0.05) is 13.3 Å². The van der Waals surface area contributed by atoms with E-state index < -0.39 is 0 Å². The first-order valence-corrected chi connectivity index (χ1v) is 10.1. The van der Waals surface area contributed by atoms with Crippen LogP contribution in [0.3, 0.4) is 0 Å². The third kappa shape index (κ3) is 5.38. The van der Waals surface area contributed by atoms with Gasteiger partial charge >= 0.3 is 0 Å². The summed E-state index contributed by atoms with van der Waals surface area (Å²) in [6.07, 6.45) is 8.11. The van der Waals surface area contributed by atoms with E-state index in [0.717, 1.165) is 44.5 Å². The van der Waals surface area contributed by atoms with Crippen LogP contribution in [0.1, 0.15) is 49.0 Å². The number of hydrogen-bond donors (Lipinski definition) is 1. The summed E-state index contributed by atoms with van der Waals surface area (Å²) in [5, 5.41) is 2.73. The summed E-state index contributed by atoms with van der Waals surface area (Å²) < 4.78 is 7.81. The lowest BCUT2D eigenvalue weighted by Crippen LogP contribution is -2.44. The summed E-state index contributed by atoms with van der Waals surface area (Å²) in [7, 11) is 0. The maximum absolute atomic E-state index is 12.4. The van der Waals surface area contributed by atoms with Crippen LogP contribution in [0.25, 0.3) is 0 Å². The Labute approximate surface area is 166 Å². The molecule has 1 N–H and O–H groups in total. The first-order chi connectivity index (χ1) is 13.7. The summed E-state index contributed by atoms with van der Waals surface area (Å²) in [6.45, 7) is 4.27. The lowest BCUT2D eigenvalue weighted by atomic mass is 10.0. The van der Waals surface area contributed by atoms with Crippen molar-refractivity contribution in [3.8, 4) is 5.75 Å². The molecule has 1 fully saturated rings. The summed E-state index contributed by atoms with van der Waals surface area (Å²) in [5.74, 6) is 0.487. The third-order valence-corrected chi connectivity index (χ3v) is 5.15. The minimum absolute atomic E-state index is 0.0289. The van der Waals surface area contributed by atoms with Gasteiger partial charge < -0.3 is 19.5 Å². The van der Waals surface area contributed by atoms with E-state index in [2.05, 4.69) is 29.2 Å². The van der Waals surface area contributed by atoms with Crippen LogP contribution in [0.5, 0.6) is 5.75 Å². The number of nitrogens with one attached hydrogen (secondary N) is 1. The number of ether oxygens (including phenoxy) is 1. The fourth-order valence-corrected chi connectivity index (χ4v) is 3.41. The van der Waals surface area contributed by atoms with Crippen molar-refractivity contribution in [2.24, 2.45) is 0 Å². The second kappa shape index (κ2) is 9.97. The Kier molecular flexibility index (Phi) is 7.12. The Morgan fingerprint density at radius 3 is 2.43 bits per heavy atom. The van der Waals surface area contributed by atoms with E-state index in [4.69, 9.17) is 4.74 Å². The molecule has 0 spiro atoms. The van der Waals surface area contributed by atoms with Gasteiger partial charge in [-0.25, -0.2) is 0 Å². The number of piperidine rings is 1. The van der Waals surface area contributed by atoms with Gasteiger partial charge in [-0.2, -0.15) is 0 Å². The highest BCUT2D eigenvalue weighted by Crippen LogP contribution is 2.22. The van der Waals surface area contributed by atoms with Crippen molar-refractivity contribution in [1.29, 1.82) is 0 Å². The molecule has 2 heterocycles. The number of aromatic nitrogens is 1. The molecule has 1 aliphatic heterocycles. The van der Waals surface area contributed by atoms with Crippen molar-refractivity contribution in [2.75, 3.05) is 26.2 Å². The SMILES string of the molecule is CCCCOc1ccc(C(=O)NCC(=O)N2CCC(n3cccc3)CC2)cc1. The van der Waals surface area contributed by atoms with Crippen LogP contribution in [-0.2, 0) is 4.79 Å². The zero-order valence-corrected chi connectivity index (χ0v) is 16.5. The van der Waals surface area contributed by atoms with E-state index in [9.17, 15) is 9.59 Å². The number of carbonyl (C=O) groups is 2. The summed E-state index contributed by atoms with van der Waals surface area (Å²) in [4.78, 5) is 26.5. The molecular formula is C22H29N3O3. The molecule has 3 rings (SSSR count). The Morgan fingerprint density at radius 2 is 1.79 bits per heavy atom. The fraction of sp³-hybridized carbons (Fsp3) is 0.455. The van der Waals surface area contributed by atoms with Gasteiger partial charge in [0.25, 0.3) is 5.91 Å². The van der Waals surface area contributed by atoms with E-state index >= 15 is 0 Å². The summed E-state index contributed by atoms with van der Waals surface area (Å²) in [6, 6.07) is 11.5. The van der Waals surface area contributed by atoms with E-state index in [1.165, 1.54) is 0 Å². The van der Waals surface area contributed by atoms with E-state index in [1.807, 2.05) is 17.0 Å². The largest absolute Gasteiger partial charge is 0.494 e. The molecule has 2 amide bonds. The zero-order valence-electron chi connectivity index (χ0n) is 16.5. The van der Waals surface area contributed by atoms with Crippen LogP contribution < -0.4 is 10.1 Å². The number of rotatable bonds is 8. The van der Waals surface area contributed by atoms with Gasteiger partial charge in [-0.05, 0) is 55.7 Å². The van der Waals surface area contributed by atoms with Gasteiger partial charge in [0.05, 0.1) is 13.2 Å². The minimum atomic E-state index is -0.240. The quantitative estimate of drug-likeness (QED) is 0.712. The Morgan fingerprint density at radius 1 is 1.11 bits per heavy atom. The molecule has 0 bridgehead atoms. The lowest BCUT2D eigenvalue weighted by molar-refractivity contribution is -0.131. The van der Waals surface area contributed by atoms with Crippen LogP contribution >= 0.6 is 0 Å². The number of unbranched alkanes of at least 4 members (excludes halogenated alkanes) is 1. The number of carbonyl (C=O) groups excluding carboxylic acids is 2. The second-order valence-electron chi connectivity index (χ2n) is 7.15. The maximum atomic E-state index is 12.4. The Bertz CT molecular complexity index is 748. The van der Waals surface area contributed by atoms with Crippen LogP contribution in [0.15, 0.2) is 48.8 Å². The number of benzene rings is 1. The molecule has 150 valence electrons. The van der Waals surface area contributed by atoms with Crippen LogP contribution in [0.2, 0.25) is 0 Å². The second-order valence-corrected chi connectivity index (χ2v) is 7.15. The number of hydrogen-bond acceptors (Lipinski definition) is 3. The molecule has 0 unspecified atom stereocenters. The average Bonchev–Trinajstić information content (AvgIpc) is 3.27. The topological polar surface area (TPSA) is 63.6 Å².